The lowest BCUT2D eigenvalue weighted by atomic mass is 9.90. The molecule has 0 aliphatic rings. The molecule has 0 bridgehead atoms. The first kappa shape index (κ1) is 14.9. The Kier molecular flexibility index (Phi) is 6.46. The third kappa shape index (κ3) is 4.98. The number of hydrogen-bond acceptors (Lipinski definition) is 2. The molecule has 0 amide bonds. The van der Waals surface area contributed by atoms with Crippen molar-refractivity contribution in [1.29, 1.82) is 0 Å². The number of aliphatic hydroxyl groups excluding tert-OH is 1. The molecule has 0 aromatic carbocycles. The maximum atomic E-state index is 9.67. The Morgan fingerprint density at radius 2 is 1.73 bits per heavy atom. The average Bonchev–Trinajstić information content (AvgIpc) is 2.14. The fraction of sp³-hybridized carbons (Fsp3) is 1.00. The number of nitrogens with one attached hydrogen (secondary N) is 1. The Labute approximate surface area is 95.5 Å². The van der Waals surface area contributed by atoms with E-state index in [4.69, 9.17) is 0 Å². The standard InChI is InChI=1S/C13H29NO/c1-7-9-10(3)12(8-2)14-13(5,6)11(4)15/h10-12,14-15H,7-9H2,1-6H3. The first-order valence-corrected chi connectivity index (χ1v) is 6.30. The molecule has 3 unspecified atom stereocenters. The van der Waals surface area contributed by atoms with Crippen molar-refractivity contribution in [3.8, 4) is 0 Å². The highest BCUT2D eigenvalue weighted by molar-refractivity contribution is 4.88. The zero-order valence-electron chi connectivity index (χ0n) is 11.3. The van der Waals surface area contributed by atoms with E-state index in [1.165, 1.54) is 12.8 Å². The smallest absolute Gasteiger partial charge is 0.0688 e. The van der Waals surface area contributed by atoms with Crippen molar-refractivity contribution in [3.63, 3.8) is 0 Å². The summed E-state index contributed by atoms with van der Waals surface area (Å²) in [4.78, 5) is 0. The molecule has 92 valence electrons. The van der Waals surface area contributed by atoms with Crippen LogP contribution in [0.4, 0.5) is 0 Å². The van der Waals surface area contributed by atoms with Crippen molar-refractivity contribution in [3.05, 3.63) is 0 Å². The van der Waals surface area contributed by atoms with E-state index in [1.807, 2.05) is 6.92 Å². The van der Waals surface area contributed by atoms with E-state index < -0.39 is 0 Å². The highest BCUT2D eigenvalue weighted by Gasteiger charge is 2.28. The van der Waals surface area contributed by atoms with E-state index in [0.717, 1.165) is 6.42 Å². The summed E-state index contributed by atoms with van der Waals surface area (Å²) in [5.74, 6) is 0.679. The Balaban J connectivity index is 4.31. The fourth-order valence-corrected chi connectivity index (χ4v) is 1.90. The zero-order valence-corrected chi connectivity index (χ0v) is 11.3. The molecule has 0 aliphatic carbocycles. The minimum absolute atomic E-state index is 0.192. The summed E-state index contributed by atoms with van der Waals surface area (Å²) >= 11 is 0. The Morgan fingerprint density at radius 3 is 2.07 bits per heavy atom. The van der Waals surface area contributed by atoms with Gasteiger partial charge < -0.3 is 10.4 Å². The van der Waals surface area contributed by atoms with Crippen LogP contribution in [-0.2, 0) is 0 Å². The minimum atomic E-state index is -0.319. The third-order valence-corrected chi connectivity index (χ3v) is 3.47. The summed E-state index contributed by atoms with van der Waals surface area (Å²) in [6, 6.07) is 0.509. The molecule has 0 aromatic heterocycles. The van der Waals surface area contributed by atoms with Gasteiger partial charge in [0.05, 0.1) is 6.10 Å². The van der Waals surface area contributed by atoms with E-state index in [1.54, 1.807) is 0 Å². The van der Waals surface area contributed by atoms with Gasteiger partial charge in [-0.3, -0.25) is 0 Å². The van der Waals surface area contributed by atoms with Crippen LogP contribution in [-0.4, -0.2) is 22.8 Å². The molecule has 0 saturated heterocycles. The predicted molar refractivity (Wildman–Crippen MR) is 67.0 cm³/mol. The summed E-state index contributed by atoms with van der Waals surface area (Å²) in [6.07, 6.45) is 3.29. The molecule has 0 fully saturated rings. The maximum absolute atomic E-state index is 9.67. The molecule has 2 N–H and O–H groups in total. The lowest BCUT2D eigenvalue weighted by Crippen LogP contribution is -2.54. The molecular weight excluding hydrogens is 186 g/mol. The summed E-state index contributed by atoms with van der Waals surface area (Å²) in [7, 11) is 0. The summed E-state index contributed by atoms with van der Waals surface area (Å²) in [5.41, 5.74) is -0.192. The largest absolute Gasteiger partial charge is 0.392 e. The molecule has 2 nitrogen and oxygen atoms in total. The van der Waals surface area contributed by atoms with Gasteiger partial charge in [-0.2, -0.15) is 0 Å². The van der Waals surface area contributed by atoms with Crippen LogP contribution in [0.1, 0.15) is 60.8 Å². The van der Waals surface area contributed by atoms with Gasteiger partial charge in [0.25, 0.3) is 0 Å². The molecule has 15 heavy (non-hydrogen) atoms. The zero-order chi connectivity index (χ0) is 12.1. The van der Waals surface area contributed by atoms with Crippen molar-refractivity contribution in [2.75, 3.05) is 0 Å². The van der Waals surface area contributed by atoms with E-state index >= 15 is 0 Å². The second-order valence-corrected chi connectivity index (χ2v) is 5.32. The van der Waals surface area contributed by atoms with Gasteiger partial charge in [-0.05, 0) is 39.5 Å². The average molecular weight is 215 g/mol. The first-order chi connectivity index (χ1) is 6.85. The van der Waals surface area contributed by atoms with E-state index in [9.17, 15) is 5.11 Å². The molecule has 0 rings (SSSR count). The Bertz CT molecular complexity index is 166. The number of hydrogen-bond donors (Lipinski definition) is 2. The quantitative estimate of drug-likeness (QED) is 0.684. The SMILES string of the molecule is CCCC(C)C(CC)NC(C)(C)C(C)O. The summed E-state index contributed by atoms with van der Waals surface area (Å²) < 4.78 is 0. The molecule has 0 aliphatic heterocycles. The van der Waals surface area contributed by atoms with Crippen molar-refractivity contribution in [1.82, 2.24) is 5.32 Å². The molecule has 2 heteroatoms. The summed E-state index contributed by atoms with van der Waals surface area (Å²) in [6.45, 7) is 12.7. The van der Waals surface area contributed by atoms with Crippen LogP contribution in [0.5, 0.6) is 0 Å². The lowest BCUT2D eigenvalue weighted by Gasteiger charge is -2.36. The second-order valence-electron chi connectivity index (χ2n) is 5.32. The number of rotatable bonds is 7. The first-order valence-electron chi connectivity index (χ1n) is 6.30. The van der Waals surface area contributed by atoms with Crippen LogP contribution >= 0.6 is 0 Å². The molecule has 3 atom stereocenters. The monoisotopic (exact) mass is 215 g/mol. The molecule has 0 saturated carbocycles. The Morgan fingerprint density at radius 1 is 1.20 bits per heavy atom. The van der Waals surface area contributed by atoms with Gasteiger partial charge in [-0.1, -0.05) is 27.2 Å². The van der Waals surface area contributed by atoms with E-state index in [2.05, 4.69) is 39.9 Å². The molecule has 0 heterocycles. The van der Waals surface area contributed by atoms with Crippen LogP contribution in [0.2, 0.25) is 0 Å². The second kappa shape index (κ2) is 6.49. The topological polar surface area (TPSA) is 32.3 Å². The van der Waals surface area contributed by atoms with Gasteiger partial charge >= 0.3 is 0 Å². The highest BCUT2D eigenvalue weighted by Crippen LogP contribution is 2.18. The van der Waals surface area contributed by atoms with Crippen LogP contribution in [0, 0.1) is 5.92 Å². The fourth-order valence-electron chi connectivity index (χ4n) is 1.90. The molecule has 0 radical (unpaired) electrons. The maximum Gasteiger partial charge on any atom is 0.0688 e. The van der Waals surface area contributed by atoms with Crippen molar-refractivity contribution in [2.45, 2.75) is 78.5 Å². The van der Waals surface area contributed by atoms with Gasteiger partial charge in [0.15, 0.2) is 0 Å². The van der Waals surface area contributed by atoms with Crippen molar-refractivity contribution < 1.29 is 5.11 Å². The Hall–Kier alpha value is -0.0800. The molecule has 0 aromatic rings. The minimum Gasteiger partial charge on any atom is -0.392 e. The van der Waals surface area contributed by atoms with Crippen LogP contribution in [0.25, 0.3) is 0 Å². The van der Waals surface area contributed by atoms with Gasteiger partial charge in [-0.15, -0.1) is 0 Å². The van der Waals surface area contributed by atoms with Crippen LogP contribution in [0.3, 0.4) is 0 Å². The van der Waals surface area contributed by atoms with Gasteiger partial charge in [-0.25, -0.2) is 0 Å². The number of aliphatic hydroxyl groups is 1. The summed E-state index contributed by atoms with van der Waals surface area (Å²) in [5, 5.41) is 13.3. The lowest BCUT2D eigenvalue weighted by molar-refractivity contribution is 0.0800. The predicted octanol–water partition coefficient (Wildman–Crippen LogP) is 2.95. The van der Waals surface area contributed by atoms with E-state index in [0.29, 0.717) is 12.0 Å². The van der Waals surface area contributed by atoms with Gasteiger partial charge in [0.2, 0.25) is 0 Å². The van der Waals surface area contributed by atoms with Crippen molar-refractivity contribution in [2.24, 2.45) is 5.92 Å². The van der Waals surface area contributed by atoms with Gasteiger partial charge in [0, 0.05) is 11.6 Å². The molecular formula is C13H29NO. The van der Waals surface area contributed by atoms with Crippen LogP contribution < -0.4 is 5.32 Å². The molecule has 0 spiro atoms. The van der Waals surface area contributed by atoms with E-state index in [-0.39, 0.29) is 11.6 Å². The highest BCUT2D eigenvalue weighted by atomic mass is 16.3. The van der Waals surface area contributed by atoms with Crippen molar-refractivity contribution >= 4 is 0 Å². The van der Waals surface area contributed by atoms with Crippen LogP contribution in [0.15, 0.2) is 0 Å². The normalized spacial score (nSPS) is 18.6. The third-order valence-electron chi connectivity index (χ3n) is 3.47. The van der Waals surface area contributed by atoms with Gasteiger partial charge in [0.1, 0.15) is 0 Å².